The number of nitrogens with zero attached hydrogens (tertiary/aromatic N) is 1. The van der Waals surface area contributed by atoms with Crippen LogP contribution >= 0.6 is 11.6 Å². The van der Waals surface area contributed by atoms with Gasteiger partial charge in [-0.1, -0.05) is 23.7 Å². The Morgan fingerprint density at radius 1 is 1.17 bits per heavy atom. The van der Waals surface area contributed by atoms with Crippen LogP contribution in [0.2, 0.25) is 5.02 Å². The largest absolute Gasteiger partial charge is 0.397 e. The maximum absolute atomic E-state index is 8.59. The highest BCUT2D eigenvalue weighted by Crippen LogP contribution is 2.26. The molecule has 0 aliphatic rings. The highest BCUT2D eigenvalue weighted by atomic mass is 35.5. The van der Waals surface area contributed by atoms with E-state index in [2.05, 4.69) is 11.4 Å². The molecule has 3 N–H and O–H groups in total. The Kier molecular flexibility index (Phi) is 3.71. The molecule has 2 aromatic rings. The fraction of sp³-hybridized carbons (Fsp3) is 0.0714. The molecule has 4 heteroatoms. The van der Waals surface area contributed by atoms with Crippen LogP contribution in [-0.2, 0) is 6.42 Å². The van der Waals surface area contributed by atoms with Gasteiger partial charge in [-0.25, -0.2) is 0 Å². The van der Waals surface area contributed by atoms with Gasteiger partial charge in [0.2, 0.25) is 0 Å². The van der Waals surface area contributed by atoms with Crippen molar-refractivity contribution in [3.8, 4) is 6.07 Å². The zero-order valence-corrected chi connectivity index (χ0v) is 10.4. The minimum Gasteiger partial charge on any atom is -0.397 e. The Balaban J connectivity index is 2.16. The van der Waals surface area contributed by atoms with Crippen molar-refractivity contribution in [3.63, 3.8) is 0 Å². The molecule has 0 saturated carbocycles. The van der Waals surface area contributed by atoms with Gasteiger partial charge in [0.1, 0.15) is 0 Å². The van der Waals surface area contributed by atoms with E-state index in [1.54, 1.807) is 12.1 Å². The lowest BCUT2D eigenvalue weighted by Gasteiger charge is -2.09. The molecule has 0 aliphatic carbocycles. The maximum atomic E-state index is 8.59. The molecular formula is C14H12ClN3. The summed E-state index contributed by atoms with van der Waals surface area (Å²) >= 11 is 5.84. The molecular weight excluding hydrogens is 246 g/mol. The molecule has 0 amide bonds. The zero-order chi connectivity index (χ0) is 13.0. The Morgan fingerprint density at radius 3 is 2.50 bits per heavy atom. The summed E-state index contributed by atoms with van der Waals surface area (Å²) in [6, 6.07) is 15.1. The van der Waals surface area contributed by atoms with Crippen LogP contribution in [0.25, 0.3) is 0 Å². The first kappa shape index (κ1) is 12.3. The van der Waals surface area contributed by atoms with E-state index in [4.69, 9.17) is 22.6 Å². The molecule has 0 saturated heterocycles. The van der Waals surface area contributed by atoms with Crippen LogP contribution in [0.3, 0.4) is 0 Å². The first-order valence-electron chi connectivity index (χ1n) is 5.47. The van der Waals surface area contributed by atoms with Gasteiger partial charge < -0.3 is 11.1 Å². The molecule has 3 nitrogen and oxygen atoms in total. The van der Waals surface area contributed by atoms with E-state index in [1.807, 2.05) is 30.3 Å². The monoisotopic (exact) mass is 257 g/mol. The third-order valence-electron chi connectivity index (χ3n) is 2.53. The number of nitrogens with one attached hydrogen (secondary N) is 1. The molecule has 0 aromatic heterocycles. The molecule has 0 aliphatic heterocycles. The lowest BCUT2D eigenvalue weighted by Crippen LogP contribution is -1.96. The lowest BCUT2D eigenvalue weighted by atomic mass is 10.1. The van der Waals surface area contributed by atoms with Crippen molar-refractivity contribution in [1.82, 2.24) is 0 Å². The van der Waals surface area contributed by atoms with Crippen LogP contribution in [-0.4, -0.2) is 0 Å². The van der Waals surface area contributed by atoms with E-state index in [9.17, 15) is 0 Å². The SMILES string of the molecule is N#CCc1ccc(Nc2ccc(Cl)cc2N)cc1. The van der Waals surface area contributed by atoms with Crippen molar-refractivity contribution in [2.24, 2.45) is 0 Å². The third kappa shape index (κ3) is 2.93. The summed E-state index contributed by atoms with van der Waals surface area (Å²) in [5, 5.41) is 12.4. The summed E-state index contributed by atoms with van der Waals surface area (Å²) in [6.07, 6.45) is 0.420. The molecule has 0 heterocycles. The van der Waals surface area contributed by atoms with E-state index < -0.39 is 0 Å². The van der Waals surface area contributed by atoms with Crippen molar-refractivity contribution in [2.45, 2.75) is 6.42 Å². The number of benzene rings is 2. The Bertz CT molecular complexity index is 585. The number of nitriles is 1. The standard InChI is InChI=1S/C14H12ClN3/c15-11-3-6-14(13(17)9-11)18-12-4-1-10(2-5-12)7-8-16/h1-6,9,18H,7,17H2. The molecule has 0 fully saturated rings. The summed E-state index contributed by atoms with van der Waals surface area (Å²) in [4.78, 5) is 0. The van der Waals surface area contributed by atoms with E-state index in [0.29, 0.717) is 17.1 Å². The lowest BCUT2D eigenvalue weighted by molar-refractivity contribution is 1.26. The second-order valence-electron chi connectivity index (χ2n) is 3.89. The van der Waals surface area contributed by atoms with Crippen LogP contribution < -0.4 is 11.1 Å². The average molecular weight is 258 g/mol. The predicted molar refractivity (Wildman–Crippen MR) is 74.9 cm³/mol. The molecule has 90 valence electrons. The minimum absolute atomic E-state index is 0.420. The van der Waals surface area contributed by atoms with Crippen LogP contribution in [0.5, 0.6) is 0 Å². The molecule has 0 atom stereocenters. The number of rotatable bonds is 3. The maximum Gasteiger partial charge on any atom is 0.0669 e. The van der Waals surface area contributed by atoms with Gasteiger partial charge in [0.25, 0.3) is 0 Å². The highest BCUT2D eigenvalue weighted by Gasteiger charge is 2.00. The Hall–Kier alpha value is -2.18. The van der Waals surface area contributed by atoms with Gasteiger partial charge in [0.15, 0.2) is 0 Å². The van der Waals surface area contributed by atoms with Gasteiger partial charge in [0, 0.05) is 10.7 Å². The molecule has 0 spiro atoms. The summed E-state index contributed by atoms with van der Waals surface area (Å²) < 4.78 is 0. The Morgan fingerprint density at radius 2 is 1.89 bits per heavy atom. The molecule has 2 rings (SSSR count). The van der Waals surface area contributed by atoms with E-state index in [0.717, 1.165) is 16.9 Å². The van der Waals surface area contributed by atoms with Crippen molar-refractivity contribution in [3.05, 3.63) is 53.1 Å². The van der Waals surface area contributed by atoms with Crippen molar-refractivity contribution in [2.75, 3.05) is 11.1 Å². The smallest absolute Gasteiger partial charge is 0.0669 e. The topological polar surface area (TPSA) is 61.8 Å². The second kappa shape index (κ2) is 5.44. The van der Waals surface area contributed by atoms with Crippen LogP contribution in [0.15, 0.2) is 42.5 Å². The minimum atomic E-state index is 0.420. The van der Waals surface area contributed by atoms with E-state index in [1.165, 1.54) is 0 Å². The van der Waals surface area contributed by atoms with Crippen molar-refractivity contribution < 1.29 is 0 Å². The number of halogens is 1. The predicted octanol–water partition coefficient (Wildman–Crippen LogP) is 3.73. The highest BCUT2D eigenvalue weighted by molar-refractivity contribution is 6.31. The van der Waals surface area contributed by atoms with Gasteiger partial charge in [-0.15, -0.1) is 0 Å². The van der Waals surface area contributed by atoms with Crippen LogP contribution in [0.1, 0.15) is 5.56 Å². The van der Waals surface area contributed by atoms with Crippen molar-refractivity contribution >= 4 is 28.7 Å². The summed E-state index contributed by atoms with van der Waals surface area (Å²) in [5.74, 6) is 0. The zero-order valence-electron chi connectivity index (χ0n) is 9.65. The third-order valence-corrected chi connectivity index (χ3v) is 2.76. The first-order valence-corrected chi connectivity index (χ1v) is 5.85. The van der Waals surface area contributed by atoms with E-state index in [-0.39, 0.29) is 0 Å². The number of hydrogen-bond acceptors (Lipinski definition) is 3. The normalized spacial score (nSPS) is 9.78. The van der Waals surface area contributed by atoms with Gasteiger partial charge in [0.05, 0.1) is 23.9 Å². The number of nitrogen functional groups attached to an aromatic ring is 1. The summed E-state index contributed by atoms with van der Waals surface area (Å²) in [7, 11) is 0. The number of nitrogens with two attached hydrogens (primary N) is 1. The molecule has 0 radical (unpaired) electrons. The Labute approximate surface area is 111 Å². The molecule has 2 aromatic carbocycles. The van der Waals surface area contributed by atoms with Gasteiger partial charge in [-0.2, -0.15) is 5.26 Å². The first-order chi connectivity index (χ1) is 8.69. The average Bonchev–Trinajstić information content (AvgIpc) is 2.35. The van der Waals surface area contributed by atoms with Crippen LogP contribution in [0, 0.1) is 11.3 Å². The molecule has 0 bridgehead atoms. The molecule has 18 heavy (non-hydrogen) atoms. The number of anilines is 3. The second-order valence-corrected chi connectivity index (χ2v) is 4.32. The van der Waals surface area contributed by atoms with Gasteiger partial charge in [-0.05, 0) is 35.9 Å². The van der Waals surface area contributed by atoms with Gasteiger partial charge in [-0.3, -0.25) is 0 Å². The number of hydrogen-bond donors (Lipinski definition) is 2. The summed E-state index contributed by atoms with van der Waals surface area (Å²) in [5.41, 5.74) is 9.18. The fourth-order valence-electron chi connectivity index (χ4n) is 1.60. The van der Waals surface area contributed by atoms with Gasteiger partial charge >= 0.3 is 0 Å². The van der Waals surface area contributed by atoms with Crippen LogP contribution in [0.4, 0.5) is 17.1 Å². The molecule has 0 unspecified atom stereocenters. The quantitative estimate of drug-likeness (QED) is 0.824. The fourth-order valence-corrected chi connectivity index (χ4v) is 1.78. The van der Waals surface area contributed by atoms with E-state index >= 15 is 0 Å². The summed E-state index contributed by atoms with van der Waals surface area (Å²) in [6.45, 7) is 0. The van der Waals surface area contributed by atoms with Crippen molar-refractivity contribution in [1.29, 1.82) is 5.26 Å².